The summed E-state index contributed by atoms with van der Waals surface area (Å²) in [5, 5.41) is 13.0. The summed E-state index contributed by atoms with van der Waals surface area (Å²) < 4.78 is 11.2. The van der Waals surface area contributed by atoms with Crippen LogP contribution in [0.2, 0.25) is 0 Å². The zero-order valence-electron chi connectivity index (χ0n) is 20.0. The fourth-order valence-electron chi connectivity index (χ4n) is 4.19. The summed E-state index contributed by atoms with van der Waals surface area (Å²) in [5.74, 6) is 1.06. The first-order valence-electron chi connectivity index (χ1n) is 12.0. The van der Waals surface area contributed by atoms with E-state index in [4.69, 9.17) is 9.47 Å². The third-order valence-corrected chi connectivity index (χ3v) is 7.15. The molecule has 1 saturated carbocycles. The van der Waals surface area contributed by atoms with Crippen LogP contribution in [0.1, 0.15) is 44.3 Å². The molecule has 1 aromatic heterocycles. The van der Waals surface area contributed by atoms with Gasteiger partial charge in [0.15, 0.2) is 11.5 Å². The van der Waals surface area contributed by atoms with Crippen molar-refractivity contribution >= 4 is 23.2 Å². The van der Waals surface area contributed by atoms with Gasteiger partial charge in [0.2, 0.25) is 0 Å². The number of carbonyl (C=O) groups excluding carboxylic acids is 2. The molecule has 36 heavy (non-hydrogen) atoms. The number of aryl methyl sites for hydroxylation is 1. The van der Waals surface area contributed by atoms with Crippen molar-refractivity contribution in [3.05, 3.63) is 64.3 Å². The normalized spacial score (nSPS) is 14.1. The first kappa shape index (κ1) is 23.8. The van der Waals surface area contributed by atoms with E-state index < -0.39 is 0 Å². The van der Waals surface area contributed by atoms with Gasteiger partial charge in [0, 0.05) is 19.6 Å². The summed E-state index contributed by atoms with van der Waals surface area (Å²) in [7, 11) is 0. The number of hydrogen-bond acceptors (Lipinski definition) is 7. The maximum atomic E-state index is 13.7. The van der Waals surface area contributed by atoms with E-state index in [1.165, 1.54) is 11.3 Å². The van der Waals surface area contributed by atoms with Crippen molar-refractivity contribution in [3.8, 4) is 28.0 Å². The Morgan fingerprint density at radius 2 is 2.00 bits per heavy atom. The second-order valence-electron chi connectivity index (χ2n) is 8.88. The Hall–Kier alpha value is -3.90. The van der Waals surface area contributed by atoms with Crippen LogP contribution in [0.5, 0.6) is 11.5 Å². The molecule has 0 radical (unpaired) electrons. The largest absolute Gasteiger partial charge is 0.486 e. The van der Waals surface area contributed by atoms with E-state index in [0.717, 1.165) is 28.3 Å². The summed E-state index contributed by atoms with van der Waals surface area (Å²) in [6.45, 7) is 4.01. The lowest BCUT2D eigenvalue weighted by Crippen LogP contribution is -2.40. The van der Waals surface area contributed by atoms with Gasteiger partial charge in [-0.25, -0.2) is 4.98 Å². The highest BCUT2D eigenvalue weighted by Crippen LogP contribution is 2.35. The predicted octanol–water partition coefficient (Wildman–Crippen LogP) is 4.04. The minimum Gasteiger partial charge on any atom is -0.486 e. The van der Waals surface area contributed by atoms with Crippen molar-refractivity contribution in [3.63, 3.8) is 0 Å². The number of hydrogen-bond donors (Lipinski definition) is 1. The smallest absolute Gasteiger partial charge is 0.274 e. The Kier molecular flexibility index (Phi) is 6.87. The maximum absolute atomic E-state index is 13.7. The fraction of sp³-hybridized carbons (Fsp3) is 0.333. The molecule has 3 aromatic rings. The Morgan fingerprint density at radius 1 is 1.19 bits per heavy atom. The number of nitrogens with zero attached hydrogens (tertiary/aromatic N) is 3. The Balaban J connectivity index is 1.31. The van der Waals surface area contributed by atoms with Gasteiger partial charge in [0.05, 0.1) is 27.1 Å². The number of aromatic nitrogens is 1. The lowest BCUT2D eigenvalue weighted by atomic mass is 10.1. The van der Waals surface area contributed by atoms with Gasteiger partial charge in [-0.3, -0.25) is 9.59 Å². The van der Waals surface area contributed by atoms with Crippen molar-refractivity contribution < 1.29 is 19.1 Å². The molecule has 5 rings (SSSR count). The molecule has 1 N–H and O–H groups in total. The molecule has 2 heterocycles. The van der Waals surface area contributed by atoms with Crippen LogP contribution in [0.3, 0.4) is 0 Å². The van der Waals surface area contributed by atoms with E-state index in [2.05, 4.69) is 16.4 Å². The molecule has 8 nitrogen and oxygen atoms in total. The number of ether oxygens (including phenoxy) is 2. The average molecular weight is 503 g/mol. The molecule has 2 aromatic carbocycles. The van der Waals surface area contributed by atoms with Gasteiger partial charge in [-0.1, -0.05) is 18.2 Å². The van der Waals surface area contributed by atoms with Crippen LogP contribution >= 0.6 is 11.3 Å². The summed E-state index contributed by atoms with van der Waals surface area (Å²) in [5.41, 5.74) is 2.15. The molecule has 184 valence electrons. The number of thiazole rings is 1. The second kappa shape index (κ2) is 10.4. The van der Waals surface area contributed by atoms with Gasteiger partial charge in [-0.2, -0.15) is 5.26 Å². The van der Waals surface area contributed by atoms with E-state index in [1.54, 1.807) is 35.2 Å². The van der Waals surface area contributed by atoms with Crippen molar-refractivity contribution in [2.24, 2.45) is 5.92 Å². The van der Waals surface area contributed by atoms with Crippen LogP contribution in [-0.4, -0.2) is 54.5 Å². The van der Waals surface area contributed by atoms with Crippen molar-refractivity contribution in [2.45, 2.75) is 19.8 Å². The quantitative estimate of drug-likeness (QED) is 0.499. The van der Waals surface area contributed by atoms with E-state index >= 15 is 0 Å². The Labute approximate surface area is 213 Å². The van der Waals surface area contributed by atoms with Crippen LogP contribution in [0.4, 0.5) is 0 Å². The van der Waals surface area contributed by atoms with Gasteiger partial charge in [-0.05, 0) is 55.5 Å². The monoisotopic (exact) mass is 502 g/mol. The van der Waals surface area contributed by atoms with Crippen molar-refractivity contribution in [1.82, 2.24) is 15.2 Å². The van der Waals surface area contributed by atoms with Gasteiger partial charge >= 0.3 is 0 Å². The predicted molar refractivity (Wildman–Crippen MR) is 135 cm³/mol. The first-order valence-corrected chi connectivity index (χ1v) is 12.8. The highest BCUT2D eigenvalue weighted by molar-refractivity contribution is 7.15. The molecule has 1 fully saturated rings. The number of para-hydroxylation sites is 1. The average Bonchev–Trinajstić information content (AvgIpc) is 3.65. The van der Waals surface area contributed by atoms with Crippen LogP contribution in [0.25, 0.3) is 10.4 Å². The first-order chi connectivity index (χ1) is 17.5. The summed E-state index contributed by atoms with van der Waals surface area (Å²) in [6, 6.07) is 14.6. The lowest BCUT2D eigenvalue weighted by Gasteiger charge is -2.23. The number of nitriles is 1. The van der Waals surface area contributed by atoms with E-state index in [1.807, 2.05) is 19.1 Å². The van der Waals surface area contributed by atoms with Crippen LogP contribution in [-0.2, 0) is 0 Å². The van der Waals surface area contributed by atoms with Crippen LogP contribution < -0.4 is 14.8 Å². The third kappa shape index (κ3) is 5.19. The minimum atomic E-state index is -0.269. The second-order valence-corrected chi connectivity index (χ2v) is 10.1. The van der Waals surface area contributed by atoms with Gasteiger partial charge in [0.1, 0.15) is 18.9 Å². The molecule has 0 saturated heterocycles. The highest BCUT2D eigenvalue weighted by atomic mass is 32.1. The summed E-state index contributed by atoms with van der Waals surface area (Å²) in [6.07, 6.45) is 2.19. The number of fused-ring (bicyclic) bond motifs is 1. The molecule has 0 atom stereocenters. The maximum Gasteiger partial charge on any atom is 0.274 e. The number of nitrogens with one attached hydrogen (secondary N) is 1. The molecular weight excluding hydrogens is 476 g/mol. The van der Waals surface area contributed by atoms with E-state index in [0.29, 0.717) is 67.1 Å². The van der Waals surface area contributed by atoms with Crippen molar-refractivity contribution in [2.75, 3.05) is 32.8 Å². The topological polar surface area (TPSA) is 105 Å². The summed E-state index contributed by atoms with van der Waals surface area (Å²) in [4.78, 5) is 33.6. The van der Waals surface area contributed by atoms with Crippen LogP contribution in [0.15, 0.2) is 42.5 Å². The molecule has 9 heteroatoms. The van der Waals surface area contributed by atoms with Crippen molar-refractivity contribution in [1.29, 1.82) is 5.26 Å². The minimum absolute atomic E-state index is 0.160. The third-order valence-electron chi connectivity index (χ3n) is 6.13. The van der Waals surface area contributed by atoms with Gasteiger partial charge in [-0.15, -0.1) is 11.3 Å². The number of amides is 2. The molecule has 1 aliphatic heterocycles. The molecule has 0 unspecified atom stereocenters. The number of benzene rings is 2. The lowest BCUT2D eigenvalue weighted by molar-refractivity contribution is 0.0736. The van der Waals surface area contributed by atoms with Gasteiger partial charge in [0.25, 0.3) is 11.8 Å². The molecular formula is C27H26N4O4S. The standard InChI is InChI=1S/C27H26N4O4S/c1-17-30-23(25(36-17)20-5-2-4-19(14-20)15-28)27(33)31(16-18-8-9-18)11-10-29-26(32)21-6-3-7-22-24(21)35-13-12-34-22/h2-7,14,18H,8-13,16H2,1H3,(H,29,32). The SMILES string of the molecule is Cc1nc(C(=O)N(CCNC(=O)c2cccc3c2OCCO3)CC2CC2)c(-c2cccc(C#N)c2)s1. The molecule has 1 aliphatic carbocycles. The zero-order chi connectivity index (χ0) is 25.1. The number of carbonyl (C=O) groups is 2. The van der Waals surface area contributed by atoms with E-state index in [-0.39, 0.29) is 11.8 Å². The van der Waals surface area contributed by atoms with Gasteiger partial charge < -0.3 is 19.7 Å². The highest BCUT2D eigenvalue weighted by Gasteiger charge is 2.30. The molecule has 2 amide bonds. The summed E-state index contributed by atoms with van der Waals surface area (Å²) >= 11 is 1.44. The molecule has 2 aliphatic rings. The zero-order valence-corrected chi connectivity index (χ0v) is 20.8. The van der Waals surface area contributed by atoms with E-state index in [9.17, 15) is 14.9 Å². The number of rotatable bonds is 8. The Bertz CT molecular complexity index is 1340. The Morgan fingerprint density at radius 3 is 2.81 bits per heavy atom. The fourth-order valence-corrected chi connectivity index (χ4v) is 5.09. The molecule has 0 spiro atoms. The molecule has 0 bridgehead atoms. The van der Waals surface area contributed by atoms with Crippen LogP contribution in [0, 0.1) is 24.2 Å².